The predicted molar refractivity (Wildman–Crippen MR) is 112 cm³/mol. The summed E-state index contributed by atoms with van der Waals surface area (Å²) in [5, 5.41) is 0. The van der Waals surface area contributed by atoms with E-state index in [0.29, 0.717) is 19.5 Å². The highest BCUT2D eigenvalue weighted by Crippen LogP contribution is 2.18. The second-order valence-electron chi connectivity index (χ2n) is 6.68. The molecule has 0 spiro atoms. The molecule has 1 atom stereocenters. The molecule has 0 aliphatic rings. The van der Waals surface area contributed by atoms with Crippen molar-refractivity contribution in [3.05, 3.63) is 108 Å². The SMILES string of the molecule is O=C(CCl)[C@@H](Cc1ccccc1)N(Cc1ccccc1)Cc1ccccc1. The third kappa shape index (κ3) is 5.78. The number of nitrogens with zero attached hydrogens (tertiary/aromatic N) is 1. The lowest BCUT2D eigenvalue weighted by molar-refractivity contribution is -0.122. The van der Waals surface area contributed by atoms with Crippen LogP contribution < -0.4 is 0 Å². The van der Waals surface area contributed by atoms with Gasteiger partial charge in [-0.1, -0.05) is 91.0 Å². The molecule has 0 aliphatic carbocycles. The largest absolute Gasteiger partial charge is 0.297 e. The molecule has 0 saturated carbocycles. The van der Waals surface area contributed by atoms with E-state index in [-0.39, 0.29) is 17.7 Å². The van der Waals surface area contributed by atoms with Crippen LogP contribution in [-0.2, 0) is 24.3 Å². The first-order valence-electron chi connectivity index (χ1n) is 9.21. The minimum atomic E-state index is -0.259. The zero-order valence-electron chi connectivity index (χ0n) is 15.3. The van der Waals surface area contributed by atoms with Gasteiger partial charge in [0.25, 0.3) is 0 Å². The Balaban J connectivity index is 1.89. The van der Waals surface area contributed by atoms with E-state index in [9.17, 15) is 4.79 Å². The maximum atomic E-state index is 12.8. The summed E-state index contributed by atoms with van der Waals surface area (Å²) in [5.41, 5.74) is 3.52. The molecule has 0 heterocycles. The zero-order valence-corrected chi connectivity index (χ0v) is 16.1. The number of hydrogen-bond donors (Lipinski definition) is 0. The standard InChI is InChI=1S/C24H24ClNO/c25-17-24(27)23(16-20-10-4-1-5-11-20)26(18-21-12-6-2-7-13-21)19-22-14-8-3-9-15-22/h1-15,23H,16-19H2/t23-/m1/s1. The quantitative estimate of drug-likeness (QED) is 0.483. The molecule has 0 radical (unpaired) electrons. The van der Waals surface area contributed by atoms with Gasteiger partial charge in [-0.3, -0.25) is 9.69 Å². The number of carbonyl (C=O) groups excluding carboxylic acids is 1. The van der Waals surface area contributed by atoms with Crippen molar-refractivity contribution in [3.63, 3.8) is 0 Å². The van der Waals surface area contributed by atoms with Crippen molar-refractivity contribution in [2.45, 2.75) is 25.6 Å². The summed E-state index contributed by atoms with van der Waals surface area (Å²) in [6, 6.07) is 30.4. The Bertz CT molecular complexity index is 779. The van der Waals surface area contributed by atoms with Crippen LogP contribution in [0.25, 0.3) is 0 Å². The van der Waals surface area contributed by atoms with Crippen molar-refractivity contribution in [3.8, 4) is 0 Å². The van der Waals surface area contributed by atoms with Gasteiger partial charge in [-0.25, -0.2) is 0 Å². The average molecular weight is 378 g/mol. The first kappa shape index (κ1) is 19.3. The molecule has 0 bridgehead atoms. The molecule has 0 fully saturated rings. The van der Waals surface area contributed by atoms with E-state index >= 15 is 0 Å². The van der Waals surface area contributed by atoms with Crippen LogP contribution in [0.3, 0.4) is 0 Å². The number of alkyl halides is 1. The van der Waals surface area contributed by atoms with Gasteiger partial charge in [-0.05, 0) is 23.1 Å². The Morgan fingerprint density at radius 1 is 0.704 bits per heavy atom. The first-order valence-corrected chi connectivity index (χ1v) is 9.74. The van der Waals surface area contributed by atoms with E-state index in [0.717, 1.165) is 5.56 Å². The van der Waals surface area contributed by atoms with Gasteiger partial charge >= 0.3 is 0 Å². The molecule has 3 rings (SSSR count). The normalized spacial score (nSPS) is 12.1. The van der Waals surface area contributed by atoms with E-state index in [1.165, 1.54) is 11.1 Å². The molecule has 3 aromatic rings. The van der Waals surface area contributed by atoms with Crippen LogP contribution in [0.5, 0.6) is 0 Å². The number of hydrogen-bond acceptors (Lipinski definition) is 2. The van der Waals surface area contributed by atoms with Crippen molar-refractivity contribution in [1.82, 2.24) is 4.90 Å². The van der Waals surface area contributed by atoms with E-state index in [2.05, 4.69) is 41.3 Å². The molecule has 0 aliphatic heterocycles. The zero-order chi connectivity index (χ0) is 18.9. The molecule has 0 N–H and O–H groups in total. The van der Waals surface area contributed by atoms with Crippen molar-refractivity contribution in [2.24, 2.45) is 0 Å². The molecular weight excluding hydrogens is 354 g/mol. The number of ketones is 1. The summed E-state index contributed by atoms with van der Waals surface area (Å²) in [6.07, 6.45) is 0.659. The summed E-state index contributed by atoms with van der Waals surface area (Å²) in [6.45, 7) is 1.41. The van der Waals surface area contributed by atoms with Gasteiger partial charge in [0, 0.05) is 13.1 Å². The van der Waals surface area contributed by atoms with Gasteiger partial charge in [0.15, 0.2) is 5.78 Å². The van der Waals surface area contributed by atoms with Gasteiger partial charge in [-0.2, -0.15) is 0 Å². The van der Waals surface area contributed by atoms with Crippen LogP contribution in [0.1, 0.15) is 16.7 Å². The van der Waals surface area contributed by atoms with E-state index in [4.69, 9.17) is 11.6 Å². The van der Waals surface area contributed by atoms with Crippen molar-refractivity contribution < 1.29 is 4.79 Å². The fraction of sp³-hybridized carbons (Fsp3) is 0.208. The molecule has 0 saturated heterocycles. The molecule has 27 heavy (non-hydrogen) atoms. The van der Waals surface area contributed by atoms with Crippen molar-refractivity contribution in [2.75, 3.05) is 5.88 Å². The average Bonchev–Trinajstić information content (AvgIpc) is 2.73. The van der Waals surface area contributed by atoms with Crippen LogP contribution in [0.2, 0.25) is 0 Å². The predicted octanol–water partition coefficient (Wildman–Crippen LogP) is 5.11. The van der Waals surface area contributed by atoms with Gasteiger partial charge < -0.3 is 0 Å². The minimum Gasteiger partial charge on any atom is -0.297 e. The van der Waals surface area contributed by atoms with Crippen LogP contribution >= 0.6 is 11.6 Å². The number of halogens is 1. The van der Waals surface area contributed by atoms with E-state index < -0.39 is 0 Å². The minimum absolute atomic E-state index is 0.0254. The number of rotatable bonds is 9. The van der Waals surface area contributed by atoms with Crippen molar-refractivity contribution >= 4 is 17.4 Å². The topological polar surface area (TPSA) is 20.3 Å². The Hall–Kier alpha value is -2.42. The third-order valence-electron chi connectivity index (χ3n) is 4.67. The van der Waals surface area contributed by atoms with Crippen molar-refractivity contribution in [1.29, 1.82) is 0 Å². The molecule has 3 aromatic carbocycles. The summed E-state index contributed by atoms with van der Waals surface area (Å²) in [7, 11) is 0. The molecule has 3 heteroatoms. The molecule has 0 unspecified atom stereocenters. The fourth-order valence-electron chi connectivity index (χ4n) is 3.29. The highest BCUT2D eigenvalue weighted by Gasteiger charge is 2.26. The molecule has 2 nitrogen and oxygen atoms in total. The Morgan fingerprint density at radius 2 is 1.11 bits per heavy atom. The Morgan fingerprint density at radius 3 is 1.52 bits per heavy atom. The molecule has 0 aromatic heterocycles. The Labute approximate surface area is 166 Å². The lowest BCUT2D eigenvalue weighted by Gasteiger charge is -2.31. The molecule has 0 amide bonds. The summed E-state index contributed by atoms with van der Waals surface area (Å²) in [5.74, 6) is 0.0878. The summed E-state index contributed by atoms with van der Waals surface area (Å²) < 4.78 is 0. The second-order valence-corrected chi connectivity index (χ2v) is 6.95. The van der Waals surface area contributed by atoms with Gasteiger partial charge in [0.2, 0.25) is 0 Å². The lowest BCUT2D eigenvalue weighted by Crippen LogP contribution is -2.42. The second kappa shape index (κ2) is 10.1. The van der Waals surface area contributed by atoms with E-state index in [1.54, 1.807) is 0 Å². The number of benzene rings is 3. The Kier molecular flexibility index (Phi) is 7.20. The lowest BCUT2D eigenvalue weighted by atomic mass is 10.00. The maximum absolute atomic E-state index is 12.8. The summed E-state index contributed by atoms with van der Waals surface area (Å²) in [4.78, 5) is 15.0. The van der Waals surface area contributed by atoms with Crippen LogP contribution in [0.15, 0.2) is 91.0 Å². The van der Waals surface area contributed by atoms with Gasteiger partial charge in [0.1, 0.15) is 0 Å². The highest BCUT2D eigenvalue weighted by atomic mass is 35.5. The smallest absolute Gasteiger partial charge is 0.164 e. The monoisotopic (exact) mass is 377 g/mol. The number of carbonyl (C=O) groups is 1. The van der Waals surface area contributed by atoms with Crippen LogP contribution in [0.4, 0.5) is 0 Å². The van der Waals surface area contributed by atoms with Gasteiger partial charge in [0.05, 0.1) is 11.9 Å². The molecular formula is C24H24ClNO. The fourth-order valence-corrected chi connectivity index (χ4v) is 3.46. The maximum Gasteiger partial charge on any atom is 0.164 e. The van der Waals surface area contributed by atoms with Crippen LogP contribution in [0, 0.1) is 0 Å². The number of Topliss-reactive ketones (excluding diaryl/α,β-unsaturated/α-hetero) is 1. The first-order chi connectivity index (χ1) is 13.3. The van der Waals surface area contributed by atoms with Gasteiger partial charge in [-0.15, -0.1) is 11.6 Å². The highest BCUT2D eigenvalue weighted by molar-refractivity contribution is 6.28. The molecule has 138 valence electrons. The third-order valence-corrected chi connectivity index (χ3v) is 4.94. The summed E-state index contributed by atoms with van der Waals surface area (Å²) >= 11 is 5.99. The van der Waals surface area contributed by atoms with E-state index in [1.807, 2.05) is 54.6 Å². The van der Waals surface area contributed by atoms with Crippen LogP contribution in [-0.4, -0.2) is 22.6 Å².